The zero-order valence-corrected chi connectivity index (χ0v) is 16.4. The van der Waals surface area contributed by atoms with E-state index in [9.17, 15) is 0 Å². The molecule has 1 aliphatic rings. The summed E-state index contributed by atoms with van der Waals surface area (Å²) in [5, 5.41) is 0.378. The quantitative estimate of drug-likeness (QED) is 0.357. The van der Waals surface area contributed by atoms with Crippen LogP contribution >= 0.6 is 11.8 Å². The van der Waals surface area contributed by atoms with E-state index in [1.165, 1.54) is 27.1 Å². The molecule has 136 valence electrons. The summed E-state index contributed by atoms with van der Waals surface area (Å²) < 4.78 is 0. The van der Waals surface area contributed by atoms with Gasteiger partial charge in [0.05, 0.1) is 0 Å². The Labute approximate surface area is 171 Å². The molecule has 1 aliphatic heterocycles. The Balaban J connectivity index is 1.75. The monoisotopic (exact) mass is 378 g/mol. The van der Waals surface area contributed by atoms with E-state index in [0.717, 1.165) is 0 Å². The molecule has 4 aromatic carbocycles. The Bertz CT molecular complexity index is 1040. The van der Waals surface area contributed by atoms with Crippen LogP contribution in [0.25, 0.3) is 0 Å². The second kappa shape index (κ2) is 7.69. The van der Waals surface area contributed by atoms with Crippen LogP contribution in [0.1, 0.15) is 39.3 Å². The van der Waals surface area contributed by atoms with E-state index in [4.69, 9.17) is 0 Å². The van der Waals surface area contributed by atoms with Crippen molar-refractivity contribution < 1.29 is 0 Å². The summed E-state index contributed by atoms with van der Waals surface area (Å²) in [5.74, 6) is 0.720. The molecule has 1 heteroatoms. The summed E-state index contributed by atoms with van der Waals surface area (Å²) in [5.41, 5.74) is 5.65. The number of rotatable bonds is 3. The van der Waals surface area contributed by atoms with Gasteiger partial charge in [-0.2, -0.15) is 0 Å². The Morgan fingerprint density at radius 1 is 0.464 bits per heavy atom. The molecule has 0 unspecified atom stereocenters. The lowest BCUT2D eigenvalue weighted by Crippen LogP contribution is -2.23. The van der Waals surface area contributed by atoms with Crippen LogP contribution in [0.4, 0.5) is 0 Å². The van der Waals surface area contributed by atoms with Gasteiger partial charge in [-0.3, -0.25) is 0 Å². The molecule has 1 heterocycles. The summed E-state index contributed by atoms with van der Waals surface area (Å²) in [7, 11) is 0. The smallest absolute Gasteiger partial charge is 0.0422 e. The van der Waals surface area contributed by atoms with Gasteiger partial charge in [-0.05, 0) is 28.3 Å². The zero-order chi connectivity index (χ0) is 18.8. The van der Waals surface area contributed by atoms with Gasteiger partial charge in [0.25, 0.3) is 0 Å². The number of benzene rings is 4. The van der Waals surface area contributed by atoms with Crippen LogP contribution in [0.15, 0.2) is 120 Å². The number of fused-ring (bicyclic) bond motifs is 1. The van der Waals surface area contributed by atoms with Gasteiger partial charge in [-0.15, -0.1) is 11.8 Å². The number of hydrogen-bond acceptors (Lipinski definition) is 1. The lowest BCUT2D eigenvalue weighted by molar-refractivity contribution is 0.571. The molecule has 0 aliphatic carbocycles. The Morgan fingerprint density at radius 2 is 0.964 bits per heavy atom. The maximum absolute atomic E-state index is 2.32. The van der Waals surface area contributed by atoms with E-state index in [2.05, 4.69) is 115 Å². The fraction of sp³-hybridized carbons (Fsp3) is 0.111. The Hall–Kier alpha value is -2.77. The van der Waals surface area contributed by atoms with Gasteiger partial charge >= 0.3 is 0 Å². The Kier molecular flexibility index (Phi) is 4.76. The van der Waals surface area contributed by atoms with E-state index in [1.54, 1.807) is 0 Å². The van der Waals surface area contributed by atoms with Crippen molar-refractivity contribution >= 4 is 11.8 Å². The summed E-state index contributed by atoms with van der Waals surface area (Å²) in [6, 6.07) is 42.0. The minimum Gasteiger partial charge on any atom is -0.117 e. The molecule has 4 aromatic rings. The lowest BCUT2D eigenvalue weighted by atomic mass is 9.73. The highest BCUT2D eigenvalue weighted by atomic mass is 32.2. The van der Waals surface area contributed by atoms with Crippen molar-refractivity contribution in [3.63, 3.8) is 0 Å². The molecule has 0 bridgehead atoms. The van der Waals surface area contributed by atoms with Crippen LogP contribution in [-0.2, 0) is 0 Å². The van der Waals surface area contributed by atoms with Crippen LogP contribution in [0.5, 0.6) is 0 Å². The van der Waals surface area contributed by atoms with Crippen molar-refractivity contribution in [2.75, 3.05) is 0 Å². The van der Waals surface area contributed by atoms with E-state index in [1.807, 2.05) is 11.8 Å². The van der Waals surface area contributed by atoms with Gasteiger partial charge in [0, 0.05) is 22.0 Å². The van der Waals surface area contributed by atoms with Crippen molar-refractivity contribution in [2.45, 2.75) is 22.0 Å². The number of thioether (sulfide) groups is 1. The molecule has 5 rings (SSSR count). The van der Waals surface area contributed by atoms with Gasteiger partial charge < -0.3 is 0 Å². The zero-order valence-electron chi connectivity index (χ0n) is 15.6. The first kappa shape index (κ1) is 17.3. The molecule has 0 saturated carbocycles. The molecule has 0 spiro atoms. The molecule has 0 aromatic heterocycles. The first-order chi connectivity index (χ1) is 13.9. The fourth-order valence-electron chi connectivity index (χ4n) is 4.43. The predicted octanol–water partition coefficient (Wildman–Crippen LogP) is 7.45. The molecule has 0 saturated heterocycles. The average Bonchev–Trinajstić information content (AvgIpc) is 2.79. The average molecular weight is 379 g/mol. The van der Waals surface area contributed by atoms with Gasteiger partial charge in [0.2, 0.25) is 0 Å². The molecular formula is C27H22S. The first-order valence-corrected chi connectivity index (χ1v) is 10.7. The van der Waals surface area contributed by atoms with E-state index in [0.29, 0.717) is 17.1 Å². The highest BCUT2D eigenvalue weighted by Crippen LogP contribution is 2.59. The third-order valence-electron chi connectivity index (χ3n) is 5.66. The highest BCUT2D eigenvalue weighted by Gasteiger charge is 2.39. The van der Waals surface area contributed by atoms with Crippen LogP contribution < -0.4 is 0 Å². The molecule has 0 N–H and O–H groups in total. The summed E-state index contributed by atoms with van der Waals surface area (Å²) in [4.78, 5) is 1.40. The fourth-order valence-corrected chi connectivity index (χ4v) is 5.95. The third-order valence-corrected chi connectivity index (χ3v) is 7.11. The third kappa shape index (κ3) is 3.16. The SMILES string of the molecule is c1ccc([C@@H]2c3ccccc3S[C@H](c3ccccc3)[C@H]2c2ccccc2)cc1. The Morgan fingerprint density at radius 3 is 1.61 bits per heavy atom. The van der Waals surface area contributed by atoms with Crippen molar-refractivity contribution in [3.8, 4) is 0 Å². The molecule has 28 heavy (non-hydrogen) atoms. The molecule has 0 amide bonds. The highest BCUT2D eigenvalue weighted by molar-refractivity contribution is 7.99. The van der Waals surface area contributed by atoms with Crippen LogP contribution in [0.2, 0.25) is 0 Å². The van der Waals surface area contributed by atoms with Gasteiger partial charge in [0.1, 0.15) is 0 Å². The van der Waals surface area contributed by atoms with Crippen molar-refractivity contribution in [1.29, 1.82) is 0 Å². The lowest BCUT2D eigenvalue weighted by Gasteiger charge is -2.40. The van der Waals surface area contributed by atoms with Crippen molar-refractivity contribution in [1.82, 2.24) is 0 Å². The summed E-state index contributed by atoms with van der Waals surface area (Å²) in [6.07, 6.45) is 0. The van der Waals surface area contributed by atoms with Crippen molar-refractivity contribution in [3.05, 3.63) is 138 Å². The largest absolute Gasteiger partial charge is 0.117 e. The molecule has 0 nitrogen and oxygen atoms in total. The second-order valence-electron chi connectivity index (χ2n) is 7.31. The maximum Gasteiger partial charge on any atom is 0.0422 e. The van der Waals surface area contributed by atoms with E-state index >= 15 is 0 Å². The van der Waals surface area contributed by atoms with Crippen LogP contribution in [-0.4, -0.2) is 0 Å². The summed E-state index contributed by atoms with van der Waals surface area (Å²) in [6.45, 7) is 0. The minimum atomic E-state index is 0.339. The number of hydrogen-bond donors (Lipinski definition) is 0. The topological polar surface area (TPSA) is 0 Å². The standard InChI is InChI=1S/C27H22S/c1-4-12-20(13-5-1)25-23-18-10-11-19-24(23)28-27(22-16-8-3-9-17-22)26(25)21-14-6-2-7-15-21/h1-19,25-27H/t25-,26+,27-/m1/s1. The van der Waals surface area contributed by atoms with Gasteiger partial charge in [-0.25, -0.2) is 0 Å². The normalized spacial score (nSPS) is 21.1. The summed E-state index contributed by atoms with van der Waals surface area (Å²) >= 11 is 2.01. The molecule has 0 fully saturated rings. The molecular weight excluding hydrogens is 356 g/mol. The first-order valence-electron chi connectivity index (χ1n) is 9.82. The van der Waals surface area contributed by atoms with E-state index < -0.39 is 0 Å². The van der Waals surface area contributed by atoms with Gasteiger partial charge in [0.15, 0.2) is 0 Å². The molecule has 3 atom stereocenters. The molecule has 0 radical (unpaired) electrons. The van der Waals surface area contributed by atoms with Gasteiger partial charge in [-0.1, -0.05) is 109 Å². The van der Waals surface area contributed by atoms with Crippen molar-refractivity contribution in [2.24, 2.45) is 0 Å². The van der Waals surface area contributed by atoms with Crippen LogP contribution in [0, 0.1) is 0 Å². The maximum atomic E-state index is 2.32. The predicted molar refractivity (Wildman–Crippen MR) is 119 cm³/mol. The van der Waals surface area contributed by atoms with E-state index in [-0.39, 0.29) is 0 Å². The second-order valence-corrected chi connectivity index (χ2v) is 8.50. The van der Waals surface area contributed by atoms with Crippen LogP contribution in [0.3, 0.4) is 0 Å². The minimum absolute atomic E-state index is 0.339.